The van der Waals surface area contributed by atoms with Crippen LogP contribution in [0.1, 0.15) is 4.88 Å². The van der Waals surface area contributed by atoms with Crippen LogP contribution >= 0.6 is 11.3 Å². The van der Waals surface area contributed by atoms with E-state index < -0.39 is 0 Å². The predicted molar refractivity (Wildman–Crippen MR) is 77.3 cm³/mol. The topological polar surface area (TPSA) is 73.5 Å². The van der Waals surface area contributed by atoms with Crippen molar-refractivity contribution in [3.63, 3.8) is 0 Å². The second-order valence-electron chi connectivity index (χ2n) is 4.31. The first kappa shape index (κ1) is 13.3. The first-order valence-corrected chi connectivity index (χ1v) is 7.35. The predicted octanol–water partition coefficient (Wildman–Crippen LogP) is 1.63. The molecule has 3 heterocycles. The van der Waals surface area contributed by atoms with E-state index in [1.54, 1.807) is 23.6 Å². The van der Waals surface area contributed by atoms with Gasteiger partial charge in [-0.1, -0.05) is 0 Å². The summed E-state index contributed by atoms with van der Waals surface area (Å²) >= 11 is 1.58. The van der Waals surface area contributed by atoms with E-state index in [0.717, 1.165) is 23.7 Å². The number of rotatable bonds is 4. The highest BCUT2D eigenvalue weighted by Gasteiger charge is 2.15. The van der Waals surface area contributed by atoms with Gasteiger partial charge in [-0.25, -0.2) is 4.98 Å². The molecule has 0 aromatic carbocycles. The molecular formula is C13H16N4O2S. The molecule has 1 aliphatic heterocycles. The third-order valence-corrected chi connectivity index (χ3v) is 3.94. The summed E-state index contributed by atoms with van der Waals surface area (Å²) in [5.41, 5.74) is 5.67. The number of hydrogen-bond donors (Lipinski definition) is 1. The molecule has 1 saturated heterocycles. The first-order valence-electron chi connectivity index (χ1n) is 6.47. The molecular weight excluding hydrogens is 276 g/mol. The molecule has 1 fully saturated rings. The van der Waals surface area contributed by atoms with Crippen molar-refractivity contribution >= 4 is 17.3 Å². The van der Waals surface area contributed by atoms with Crippen molar-refractivity contribution in [1.82, 2.24) is 9.97 Å². The Morgan fingerprint density at radius 2 is 2.20 bits per heavy atom. The number of anilines is 1. The molecule has 20 heavy (non-hydrogen) atoms. The molecule has 0 spiro atoms. The second kappa shape index (κ2) is 6.17. The van der Waals surface area contributed by atoms with Crippen LogP contribution in [-0.2, 0) is 11.3 Å². The number of aromatic nitrogens is 2. The van der Waals surface area contributed by atoms with Gasteiger partial charge in [0.2, 0.25) is 11.8 Å². The summed E-state index contributed by atoms with van der Waals surface area (Å²) in [5.74, 6) is 1.98. The fourth-order valence-corrected chi connectivity index (χ4v) is 2.66. The zero-order chi connectivity index (χ0) is 13.8. The SMILES string of the molecule is NCc1sccc1Oc1ccnc(N2CCOCC2)n1. The van der Waals surface area contributed by atoms with Gasteiger partial charge < -0.3 is 20.1 Å². The summed E-state index contributed by atoms with van der Waals surface area (Å²) in [6.07, 6.45) is 1.71. The molecule has 2 aromatic rings. The van der Waals surface area contributed by atoms with Crippen LogP contribution in [0, 0.1) is 0 Å². The smallest absolute Gasteiger partial charge is 0.228 e. The Hall–Kier alpha value is -1.70. The summed E-state index contributed by atoms with van der Waals surface area (Å²) in [7, 11) is 0. The number of hydrogen-bond acceptors (Lipinski definition) is 7. The van der Waals surface area contributed by atoms with Gasteiger partial charge in [-0.3, -0.25) is 0 Å². The Morgan fingerprint density at radius 3 is 3.00 bits per heavy atom. The van der Waals surface area contributed by atoms with Gasteiger partial charge in [-0.2, -0.15) is 4.98 Å². The first-order chi connectivity index (χ1) is 9.86. The lowest BCUT2D eigenvalue weighted by molar-refractivity contribution is 0.122. The molecule has 0 unspecified atom stereocenters. The van der Waals surface area contributed by atoms with Crippen LogP contribution in [0.5, 0.6) is 11.6 Å². The van der Waals surface area contributed by atoms with Crippen LogP contribution in [0.4, 0.5) is 5.95 Å². The summed E-state index contributed by atoms with van der Waals surface area (Å²) in [6, 6.07) is 3.66. The number of thiophene rings is 1. The number of morpholine rings is 1. The van der Waals surface area contributed by atoms with Gasteiger partial charge in [0.1, 0.15) is 5.75 Å². The molecule has 0 amide bonds. The van der Waals surface area contributed by atoms with Crippen molar-refractivity contribution in [3.05, 3.63) is 28.6 Å². The average Bonchev–Trinajstić information content (AvgIpc) is 2.96. The third kappa shape index (κ3) is 2.90. The van der Waals surface area contributed by atoms with E-state index in [-0.39, 0.29) is 0 Å². The number of nitrogens with two attached hydrogens (primary N) is 1. The molecule has 0 bridgehead atoms. The van der Waals surface area contributed by atoms with Crippen LogP contribution in [0.15, 0.2) is 23.7 Å². The molecule has 7 heteroatoms. The molecule has 0 radical (unpaired) electrons. The van der Waals surface area contributed by atoms with Crippen LogP contribution in [0.25, 0.3) is 0 Å². The second-order valence-corrected chi connectivity index (χ2v) is 5.31. The molecule has 3 rings (SSSR count). The Kier molecular flexibility index (Phi) is 4.10. The molecule has 2 N–H and O–H groups in total. The largest absolute Gasteiger partial charge is 0.438 e. The van der Waals surface area contributed by atoms with Crippen molar-refractivity contribution < 1.29 is 9.47 Å². The van der Waals surface area contributed by atoms with E-state index in [0.29, 0.717) is 31.6 Å². The van der Waals surface area contributed by atoms with Gasteiger partial charge in [0, 0.05) is 31.9 Å². The van der Waals surface area contributed by atoms with Crippen LogP contribution < -0.4 is 15.4 Å². The summed E-state index contributed by atoms with van der Waals surface area (Å²) in [4.78, 5) is 11.8. The van der Waals surface area contributed by atoms with Gasteiger partial charge in [-0.15, -0.1) is 11.3 Å². The van der Waals surface area contributed by atoms with E-state index in [9.17, 15) is 0 Å². The normalized spacial score (nSPS) is 15.3. The van der Waals surface area contributed by atoms with Gasteiger partial charge in [0.05, 0.1) is 18.1 Å². The van der Waals surface area contributed by atoms with Crippen molar-refractivity contribution in [2.75, 3.05) is 31.2 Å². The Morgan fingerprint density at radius 1 is 1.35 bits per heavy atom. The van der Waals surface area contributed by atoms with Crippen molar-refractivity contribution in [1.29, 1.82) is 0 Å². The Bertz CT molecular complexity index is 569. The average molecular weight is 292 g/mol. The Balaban J connectivity index is 1.77. The Labute approximate surface area is 121 Å². The van der Waals surface area contributed by atoms with E-state index in [2.05, 4.69) is 14.9 Å². The van der Waals surface area contributed by atoms with Crippen LogP contribution in [0.2, 0.25) is 0 Å². The minimum Gasteiger partial charge on any atom is -0.438 e. The van der Waals surface area contributed by atoms with Crippen LogP contribution in [-0.4, -0.2) is 36.3 Å². The maximum Gasteiger partial charge on any atom is 0.228 e. The van der Waals surface area contributed by atoms with Crippen molar-refractivity contribution in [2.24, 2.45) is 5.73 Å². The van der Waals surface area contributed by atoms with Crippen molar-refractivity contribution in [3.8, 4) is 11.6 Å². The summed E-state index contributed by atoms with van der Waals surface area (Å²) < 4.78 is 11.1. The lowest BCUT2D eigenvalue weighted by Crippen LogP contribution is -2.37. The maximum absolute atomic E-state index is 5.79. The zero-order valence-corrected chi connectivity index (χ0v) is 11.8. The molecule has 2 aromatic heterocycles. The van der Waals surface area contributed by atoms with E-state index in [1.165, 1.54) is 0 Å². The monoisotopic (exact) mass is 292 g/mol. The molecule has 0 atom stereocenters. The summed E-state index contributed by atoms with van der Waals surface area (Å²) in [6.45, 7) is 3.48. The minimum atomic E-state index is 0.467. The highest BCUT2D eigenvalue weighted by molar-refractivity contribution is 7.10. The molecule has 6 nitrogen and oxygen atoms in total. The molecule has 0 saturated carbocycles. The van der Waals surface area contributed by atoms with Crippen LogP contribution in [0.3, 0.4) is 0 Å². The lowest BCUT2D eigenvalue weighted by atomic mass is 10.4. The summed E-state index contributed by atoms with van der Waals surface area (Å²) in [5, 5.41) is 1.96. The van der Waals surface area contributed by atoms with Gasteiger partial charge in [-0.05, 0) is 11.4 Å². The van der Waals surface area contributed by atoms with Gasteiger partial charge in [0.15, 0.2) is 0 Å². The highest BCUT2D eigenvalue weighted by atomic mass is 32.1. The molecule has 1 aliphatic rings. The highest BCUT2D eigenvalue weighted by Crippen LogP contribution is 2.28. The standard InChI is InChI=1S/C13H16N4O2S/c14-9-11-10(2-8-20-11)19-12-1-3-15-13(16-12)17-4-6-18-7-5-17/h1-3,8H,4-7,9,14H2. The molecule has 0 aliphatic carbocycles. The lowest BCUT2D eigenvalue weighted by Gasteiger charge is -2.26. The number of ether oxygens (including phenoxy) is 2. The van der Waals surface area contributed by atoms with E-state index in [4.69, 9.17) is 15.2 Å². The van der Waals surface area contributed by atoms with Gasteiger partial charge >= 0.3 is 0 Å². The maximum atomic E-state index is 5.79. The van der Waals surface area contributed by atoms with E-state index in [1.807, 2.05) is 11.4 Å². The third-order valence-electron chi connectivity index (χ3n) is 3.02. The fraction of sp³-hybridized carbons (Fsp3) is 0.385. The molecule has 106 valence electrons. The van der Waals surface area contributed by atoms with Gasteiger partial charge in [0.25, 0.3) is 0 Å². The minimum absolute atomic E-state index is 0.467. The zero-order valence-electron chi connectivity index (χ0n) is 11.0. The quantitative estimate of drug-likeness (QED) is 0.923. The van der Waals surface area contributed by atoms with Crippen molar-refractivity contribution in [2.45, 2.75) is 6.54 Å². The number of nitrogens with zero attached hydrogens (tertiary/aromatic N) is 3. The van der Waals surface area contributed by atoms with E-state index >= 15 is 0 Å². The fourth-order valence-electron chi connectivity index (χ4n) is 1.99.